The van der Waals surface area contributed by atoms with Crippen LogP contribution in [-0.4, -0.2) is 50.2 Å². The summed E-state index contributed by atoms with van der Waals surface area (Å²) < 4.78 is 5.51. The highest BCUT2D eigenvalue weighted by Gasteiger charge is 2.22. The zero-order valence-corrected chi connectivity index (χ0v) is 19.0. The summed E-state index contributed by atoms with van der Waals surface area (Å²) in [5.41, 5.74) is 9.04. The molecule has 0 bridgehead atoms. The van der Waals surface area contributed by atoms with Crippen molar-refractivity contribution in [3.05, 3.63) is 47.1 Å². The zero-order valence-electron chi connectivity index (χ0n) is 19.0. The minimum atomic E-state index is -0.357. The summed E-state index contributed by atoms with van der Waals surface area (Å²) in [4.78, 5) is 25.9. The molecule has 7 nitrogen and oxygen atoms in total. The average molecular weight is 427 g/mol. The van der Waals surface area contributed by atoms with E-state index in [0.717, 1.165) is 19.3 Å². The lowest BCUT2D eigenvalue weighted by molar-refractivity contribution is -0.128. The van der Waals surface area contributed by atoms with Gasteiger partial charge in [0.2, 0.25) is 5.91 Å². The number of carbonyl (C=O) groups excluding carboxylic acids is 2. The minimum Gasteiger partial charge on any atom is -0.495 e. The SMILES string of the molecule is CCC1=CCC(CCC(=N)c2c(N)ccc(C(=O)NCCC(=O)N(C)C)c2OC)C=C1. The van der Waals surface area contributed by atoms with Crippen molar-refractivity contribution in [2.45, 2.75) is 39.0 Å². The van der Waals surface area contributed by atoms with E-state index in [0.29, 0.717) is 40.6 Å². The topological polar surface area (TPSA) is 109 Å². The number of carbonyl (C=O) groups is 2. The van der Waals surface area contributed by atoms with Gasteiger partial charge in [0.05, 0.1) is 18.2 Å². The molecule has 0 fully saturated rings. The number of methoxy groups -OCH3 is 1. The molecule has 0 saturated carbocycles. The Hall–Kier alpha value is -3.09. The lowest BCUT2D eigenvalue weighted by atomic mass is 9.89. The fourth-order valence-corrected chi connectivity index (χ4v) is 3.54. The van der Waals surface area contributed by atoms with E-state index in [1.54, 1.807) is 26.2 Å². The number of amides is 2. The van der Waals surface area contributed by atoms with Crippen LogP contribution in [0, 0.1) is 11.3 Å². The quantitative estimate of drug-likeness (QED) is 0.393. The second-order valence-electron chi connectivity index (χ2n) is 7.91. The number of benzene rings is 1. The third-order valence-corrected chi connectivity index (χ3v) is 5.50. The molecule has 1 aliphatic rings. The molecular weight excluding hydrogens is 392 g/mol. The molecule has 2 amide bonds. The van der Waals surface area contributed by atoms with Gasteiger partial charge < -0.3 is 26.1 Å². The van der Waals surface area contributed by atoms with Gasteiger partial charge in [-0.1, -0.05) is 30.7 Å². The van der Waals surface area contributed by atoms with Crippen LogP contribution in [0.25, 0.3) is 0 Å². The first-order valence-corrected chi connectivity index (χ1v) is 10.7. The first kappa shape index (κ1) is 24.2. The summed E-state index contributed by atoms with van der Waals surface area (Å²) >= 11 is 0. The number of nitrogens with zero attached hydrogens (tertiary/aromatic N) is 1. The number of rotatable bonds is 10. The molecular formula is C24H34N4O3. The number of allylic oxidation sites excluding steroid dienone is 4. The third kappa shape index (κ3) is 6.44. The van der Waals surface area contributed by atoms with Crippen molar-refractivity contribution in [2.24, 2.45) is 5.92 Å². The molecule has 7 heteroatoms. The largest absolute Gasteiger partial charge is 0.495 e. The molecule has 0 heterocycles. The van der Waals surface area contributed by atoms with Gasteiger partial charge in [0.1, 0.15) is 5.75 Å². The molecule has 168 valence electrons. The van der Waals surface area contributed by atoms with Gasteiger partial charge in [0.25, 0.3) is 5.91 Å². The Morgan fingerprint density at radius 3 is 2.61 bits per heavy atom. The van der Waals surface area contributed by atoms with Crippen LogP contribution < -0.4 is 15.8 Å². The highest BCUT2D eigenvalue weighted by Crippen LogP contribution is 2.32. The first-order valence-electron chi connectivity index (χ1n) is 10.7. The molecule has 1 aromatic rings. The Morgan fingerprint density at radius 1 is 1.29 bits per heavy atom. The number of hydrogen-bond acceptors (Lipinski definition) is 5. The van der Waals surface area contributed by atoms with E-state index in [1.807, 2.05) is 0 Å². The summed E-state index contributed by atoms with van der Waals surface area (Å²) in [6, 6.07) is 3.22. The Kier molecular flexibility index (Phi) is 8.85. The second kappa shape index (κ2) is 11.3. The van der Waals surface area contributed by atoms with Gasteiger partial charge in [0, 0.05) is 38.5 Å². The maximum Gasteiger partial charge on any atom is 0.255 e. The molecule has 1 atom stereocenters. The fourth-order valence-electron chi connectivity index (χ4n) is 3.54. The van der Waals surface area contributed by atoms with E-state index in [-0.39, 0.29) is 24.8 Å². The van der Waals surface area contributed by atoms with E-state index in [9.17, 15) is 9.59 Å². The molecule has 0 radical (unpaired) electrons. The monoisotopic (exact) mass is 426 g/mol. The summed E-state index contributed by atoms with van der Waals surface area (Å²) in [7, 11) is 4.82. The van der Waals surface area contributed by atoms with Crippen LogP contribution in [0.4, 0.5) is 5.69 Å². The van der Waals surface area contributed by atoms with Gasteiger partial charge in [-0.15, -0.1) is 0 Å². The van der Waals surface area contributed by atoms with Crippen molar-refractivity contribution in [3.63, 3.8) is 0 Å². The number of hydrogen-bond donors (Lipinski definition) is 3. The summed E-state index contributed by atoms with van der Waals surface area (Å²) in [6.45, 7) is 2.36. The Morgan fingerprint density at radius 2 is 2.03 bits per heavy atom. The van der Waals surface area contributed by atoms with Crippen LogP contribution in [0.1, 0.15) is 54.9 Å². The molecule has 0 aliphatic heterocycles. The Labute approximate surface area is 184 Å². The second-order valence-corrected chi connectivity index (χ2v) is 7.91. The van der Waals surface area contributed by atoms with E-state index in [2.05, 4.69) is 30.5 Å². The van der Waals surface area contributed by atoms with E-state index in [1.165, 1.54) is 17.6 Å². The number of nitrogen functional groups attached to an aromatic ring is 1. The maximum atomic E-state index is 12.7. The third-order valence-electron chi connectivity index (χ3n) is 5.50. The van der Waals surface area contributed by atoms with Crippen molar-refractivity contribution >= 4 is 23.2 Å². The number of nitrogens with two attached hydrogens (primary N) is 1. The molecule has 0 saturated heterocycles. The number of nitrogens with one attached hydrogen (secondary N) is 2. The van der Waals surface area contributed by atoms with Crippen molar-refractivity contribution in [1.82, 2.24) is 10.2 Å². The fraction of sp³-hybridized carbons (Fsp3) is 0.458. The molecule has 0 spiro atoms. The highest BCUT2D eigenvalue weighted by molar-refractivity contribution is 6.09. The van der Waals surface area contributed by atoms with Crippen molar-refractivity contribution in [3.8, 4) is 5.75 Å². The number of anilines is 1. The summed E-state index contributed by atoms with van der Waals surface area (Å²) in [6.07, 6.45) is 10.2. The zero-order chi connectivity index (χ0) is 23.0. The minimum absolute atomic E-state index is 0.0651. The van der Waals surface area contributed by atoms with E-state index < -0.39 is 0 Å². The van der Waals surface area contributed by atoms with Crippen LogP contribution in [-0.2, 0) is 4.79 Å². The first-order chi connectivity index (χ1) is 14.8. The van der Waals surface area contributed by atoms with Gasteiger partial charge in [-0.2, -0.15) is 0 Å². The smallest absolute Gasteiger partial charge is 0.255 e. The van der Waals surface area contributed by atoms with Gasteiger partial charge in [-0.25, -0.2) is 0 Å². The van der Waals surface area contributed by atoms with Crippen molar-refractivity contribution < 1.29 is 14.3 Å². The predicted octanol–water partition coefficient (Wildman–Crippen LogP) is 3.55. The Balaban J connectivity index is 2.08. The Bertz CT molecular complexity index is 887. The van der Waals surface area contributed by atoms with Crippen molar-refractivity contribution in [1.29, 1.82) is 5.41 Å². The van der Waals surface area contributed by atoms with E-state index in [4.69, 9.17) is 15.9 Å². The normalized spacial score (nSPS) is 15.2. The highest BCUT2D eigenvalue weighted by atomic mass is 16.5. The van der Waals surface area contributed by atoms with Gasteiger partial charge in [-0.05, 0) is 43.7 Å². The molecule has 4 N–H and O–H groups in total. The van der Waals surface area contributed by atoms with E-state index >= 15 is 0 Å². The average Bonchev–Trinajstić information content (AvgIpc) is 2.77. The summed E-state index contributed by atoms with van der Waals surface area (Å²) in [5, 5.41) is 11.4. The molecule has 0 aromatic heterocycles. The lowest BCUT2D eigenvalue weighted by Gasteiger charge is -2.19. The molecule has 1 aromatic carbocycles. The lowest BCUT2D eigenvalue weighted by Crippen LogP contribution is -2.30. The maximum absolute atomic E-state index is 12.7. The van der Waals surface area contributed by atoms with Crippen LogP contribution in [0.2, 0.25) is 0 Å². The van der Waals surface area contributed by atoms with Gasteiger partial charge in [-0.3, -0.25) is 9.59 Å². The van der Waals surface area contributed by atoms with Gasteiger partial charge >= 0.3 is 0 Å². The van der Waals surface area contributed by atoms with Gasteiger partial charge in [0.15, 0.2) is 0 Å². The van der Waals surface area contributed by atoms with Crippen LogP contribution >= 0.6 is 0 Å². The molecule has 1 unspecified atom stereocenters. The number of ether oxygens (including phenoxy) is 1. The standard InChI is InChI=1S/C24H34N4O3/c1-5-16-6-8-17(9-7-16)10-12-19(25)22-20(26)13-11-18(23(22)31-4)24(30)27-15-14-21(29)28(2)3/h6-8,11,13,17,25H,5,9-10,12,14-15,26H2,1-4H3,(H,27,30). The van der Waals surface area contributed by atoms with Crippen LogP contribution in [0.3, 0.4) is 0 Å². The predicted molar refractivity (Wildman–Crippen MR) is 125 cm³/mol. The molecule has 31 heavy (non-hydrogen) atoms. The van der Waals surface area contributed by atoms with Crippen molar-refractivity contribution in [2.75, 3.05) is 33.5 Å². The summed E-state index contributed by atoms with van der Waals surface area (Å²) in [5.74, 6) is 0.270. The van der Waals surface area contributed by atoms with Crippen LogP contribution in [0.15, 0.2) is 35.9 Å². The molecule has 1 aliphatic carbocycles. The molecule has 2 rings (SSSR count). The van der Waals surface area contributed by atoms with Crippen LogP contribution in [0.5, 0.6) is 5.75 Å².